The summed E-state index contributed by atoms with van der Waals surface area (Å²) in [4.78, 5) is 44.1. The molecule has 1 aliphatic rings. The van der Waals surface area contributed by atoms with E-state index in [9.17, 15) is 23.9 Å². The molecule has 4 aromatic rings. The van der Waals surface area contributed by atoms with E-state index < -0.39 is 28.7 Å². The number of benzene rings is 1. The summed E-state index contributed by atoms with van der Waals surface area (Å²) in [6.45, 7) is 9.27. The van der Waals surface area contributed by atoms with E-state index >= 15 is 0 Å². The predicted octanol–water partition coefficient (Wildman–Crippen LogP) is 3.91. The van der Waals surface area contributed by atoms with Crippen molar-refractivity contribution in [2.45, 2.75) is 78.2 Å². The van der Waals surface area contributed by atoms with Crippen molar-refractivity contribution in [1.29, 1.82) is 0 Å². The average Bonchev–Trinajstić information content (AvgIpc) is 3.66. The van der Waals surface area contributed by atoms with Crippen LogP contribution in [0.25, 0.3) is 15.2 Å². The summed E-state index contributed by atoms with van der Waals surface area (Å²) in [5.41, 5.74) is -1.87. The highest BCUT2D eigenvalue weighted by Gasteiger charge is 2.36. The van der Waals surface area contributed by atoms with Gasteiger partial charge < -0.3 is 19.3 Å². The van der Waals surface area contributed by atoms with Crippen LogP contribution in [0.4, 0.5) is 4.39 Å². The van der Waals surface area contributed by atoms with E-state index in [4.69, 9.17) is 14.2 Å². The Morgan fingerprint density at radius 3 is 2.54 bits per heavy atom. The monoisotopic (exact) mass is 657 g/mol. The molecule has 248 valence electrons. The number of hydrogen-bond donors (Lipinski definition) is 1. The first-order valence-electron chi connectivity index (χ1n) is 15.4. The maximum absolute atomic E-state index is 14.8. The number of nitrogens with zero attached hydrogens (tertiary/aromatic N) is 5. The summed E-state index contributed by atoms with van der Waals surface area (Å²) < 4.78 is 35.2. The van der Waals surface area contributed by atoms with Gasteiger partial charge in [-0.1, -0.05) is 25.2 Å². The quantitative estimate of drug-likeness (QED) is 0.227. The summed E-state index contributed by atoms with van der Waals surface area (Å²) in [5, 5.41) is 18.7. The van der Waals surface area contributed by atoms with Gasteiger partial charge in [0.15, 0.2) is 5.78 Å². The summed E-state index contributed by atoms with van der Waals surface area (Å²) in [6, 6.07) is 4.01. The molecule has 5 rings (SSSR count). The van der Waals surface area contributed by atoms with Crippen LogP contribution >= 0.6 is 11.3 Å². The normalized spacial score (nSPS) is 15.1. The van der Waals surface area contributed by atoms with Gasteiger partial charge in [-0.25, -0.2) is 13.8 Å². The van der Waals surface area contributed by atoms with Gasteiger partial charge in [-0.15, -0.1) is 4.80 Å². The van der Waals surface area contributed by atoms with Crippen LogP contribution in [0.15, 0.2) is 40.2 Å². The Kier molecular flexibility index (Phi) is 10.2. The second kappa shape index (κ2) is 14.0. The summed E-state index contributed by atoms with van der Waals surface area (Å²) in [5.74, 6) is -0.485. The molecule has 0 saturated carbocycles. The third kappa shape index (κ3) is 6.70. The highest BCUT2D eigenvalue weighted by molar-refractivity contribution is 7.21. The first kappa shape index (κ1) is 33.6. The molecule has 0 amide bonds. The molecule has 12 nitrogen and oxygen atoms in total. The average molecular weight is 658 g/mol. The molecule has 0 unspecified atom stereocenters. The van der Waals surface area contributed by atoms with Gasteiger partial charge in [0, 0.05) is 30.8 Å². The van der Waals surface area contributed by atoms with E-state index in [1.165, 1.54) is 51.3 Å². The van der Waals surface area contributed by atoms with Crippen LogP contribution < -0.4 is 16.0 Å². The van der Waals surface area contributed by atoms with E-state index in [2.05, 4.69) is 10.2 Å². The molecule has 0 aliphatic carbocycles. The lowest BCUT2D eigenvalue weighted by Gasteiger charge is -2.31. The number of carbonyl (C=O) groups is 1. The standard InChI is InChI=1S/C32H40FN5O7S/c1-19(2)16-26(40)32(4,5)37-28(41)27-20(3)29(38-34-10-11-35-38)46-30(27)36(31(37)42)18-25(45-22-8-13-43-14-9-22)23-17-21(33)6-7-24(23)44-15-12-39/h6-7,10-11,17,19,22,25,39H,8-9,12-16,18H2,1-5H3/t25-/m0/s1. The Labute approximate surface area is 269 Å². The second-order valence-corrected chi connectivity index (χ2v) is 13.3. The van der Waals surface area contributed by atoms with E-state index in [-0.39, 0.29) is 49.4 Å². The minimum atomic E-state index is -1.47. The number of aryl methyl sites for hydroxylation is 1. The number of halogens is 1. The van der Waals surface area contributed by atoms with Crippen molar-refractivity contribution in [1.82, 2.24) is 24.1 Å². The van der Waals surface area contributed by atoms with Crippen molar-refractivity contribution in [3.63, 3.8) is 0 Å². The van der Waals surface area contributed by atoms with Crippen molar-refractivity contribution in [2.75, 3.05) is 26.4 Å². The predicted molar refractivity (Wildman–Crippen MR) is 170 cm³/mol. The van der Waals surface area contributed by atoms with Crippen LogP contribution in [-0.2, 0) is 26.4 Å². The van der Waals surface area contributed by atoms with E-state index in [0.29, 0.717) is 52.8 Å². The zero-order chi connectivity index (χ0) is 33.2. The zero-order valence-electron chi connectivity index (χ0n) is 26.7. The lowest BCUT2D eigenvalue weighted by Crippen LogP contribution is -2.53. The molecule has 0 spiro atoms. The van der Waals surface area contributed by atoms with Crippen LogP contribution in [-0.4, -0.2) is 67.5 Å². The second-order valence-electron chi connectivity index (χ2n) is 12.3. The highest BCUT2D eigenvalue weighted by Crippen LogP contribution is 2.36. The van der Waals surface area contributed by atoms with Gasteiger partial charge in [0.1, 0.15) is 39.6 Å². The number of Topliss-reactive ketones (excluding diaryl/α,β-unsaturated/α-hetero) is 1. The molecule has 1 aromatic carbocycles. The number of carbonyl (C=O) groups excluding carboxylic acids is 1. The van der Waals surface area contributed by atoms with Crippen LogP contribution in [0.2, 0.25) is 0 Å². The maximum Gasteiger partial charge on any atom is 0.333 e. The van der Waals surface area contributed by atoms with E-state index in [0.717, 1.165) is 4.57 Å². The van der Waals surface area contributed by atoms with Gasteiger partial charge in [0.05, 0.1) is 37.0 Å². The number of aliphatic hydroxyl groups is 1. The molecule has 0 radical (unpaired) electrons. The number of rotatable bonds is 13. The molecular formula is C32H40FN5O7S. The first-order chi connectivity index (χ1) is 21.9. The Hall–Kier alpha value is -3.72. The summed E-state index contributed by atoms with van der Waals surface area (Å²) in [6.07, 6.45) is 3.20. The molecule has 4 heterocycles. The van der Waals surface area contributed by atoms with Crippen LogP contribution in [0.1, 0.15) is 64.2 Å². The van der Waals surface area contributed by atoms with Gasteiger partial charge >= 0.3 is 5.69 Å². The number of thiophene rings is 1. The van der Waals surface area contributed by atoms with Crippen LogP contribution in [0.3, 0.4) is 0 Å². The molecule has 1 saturated heterocycles. The number of ether oxygens (including phenoxy) is 3. The smallest absolute Gasteiger partial charge is 0.333 e. The molecule has 14 heteroatoms. The van der Waals surface area contributed by atoms with Crippen molar-refractivity contribution < 1.29 is 28.5 Å². The minimum absolute atomic E-state index is 0.0105. The number of ketones is 1. The van der Waals surface area contributed by atoms with E-state index in [1.54, 1.807) is 20.8 Å². The SMILES string of the molecule is Cc1c(-n2nccn2)sc2c1c(=O)n(C(C)(C)C(=O)CC(C)C)c(=O)n2C[C@H](OC1CCOCC1)c1cc(F)ccc1OCCO. The number of fused-ring (bicyclic) bond motifs is 1. The zero-order valence-corrected chi connectivity index (χ0v) is 27.5. The summed E-state index contributed by atoms with van der Waals surface area (Å²) >= 11 is 1.17. The van der Waals surface area contributed by atoms with Gasteiger partial charge in [0.2, 0.25) is 0 Å². The fourth-order valence-corrected chi connectivity index (χ4v) is 6.95. The van der Waals surface area contributed by atoms with Gasteiger partial charge in [-0.05, 0) is 57.7 Å². The fraction of sp³-hybridized carbons (Fsp3) is 0.531. The Balaban J connectivity index is 1.76. The lowest BCUT2D eigenvalue weighted by atomic mass is 9.91. The first-order valence-corrected chi connectivity index (χ1v) is 16.2. The molecule has 46 heavy (non-hydrogen) atoms. The molecular weight excluding hydrogens is 617 g/mol. The van der Waals surface area contributed by atoms with Crippen LogP contribution in [0.5, 0.6) is 5.75 Å². The summed E-state index contributed by atoms with van der Waals surface area (Å²) in [7, 11) is 0. The number of aliphatic hydroxyl groups excluding tert-OH is 1. The molecule has 1 fully saturated rings. The van der Waals surface area contributed by atoms with Crippen molar-refractivity contribution in [3.05, 3.63) is 68.4 Å². The molecule has 1 atom stereocenters. The molecule has 1 N–H and O–H groups in total. The Morgan fingerprint density at radius 2 is 1.89 bits per heavy atom. The van der Waals surface area contributed by atoms with Crippen molar-refractivity contribution >= 4 is 27.3 Å². The van der Waals surface area contributed by atoms with E-state index in [1.807, 2.05) is 13.8 Å². The third-order valence-corrected chi connectivity index (χ3v) is 9.44. The third-order valence-electron chi connectivity index (χ3n) is 8.16. The fourth-order valence-electron chi connectivity index (χ4n) is 5.73. The van der Waals surface area contributed by atoms with Crippen molar-refractivity contribution in [2.24, 2.45) is 5.92 Å². The molecule has 3 aromatic heterocycles. The lowest BCUT2D eigenvalue weighted by molar-refractivity contribution is -0.127. The van der Waals surface area contributed by atoms with Gasteiger partial charge in [-0.3, -0.25) is 14.2 Å². The van der Waals surface area contributed by atoms with Crippen LogP contribution in [0, 0.1) is 18.7 Å². The van der Waals surface area contributed by atoms with Crippen molar-refractivity contribution in [3.8, 4) is 10.8 Å². The Bertz CT molecular complexity index is 1810. The van der Waals surface area contributed by atoms with Gasteiger partial charge in [-0.2, -0.15) is 10.2 Å². The Morgan fingerprint density at radius 1 is 1.20 bits per heavy atom. The maximum atomic E-state index is 14.8. The number of aromatic nitrogens is 5. The molecule has 1 aliphatic heterocycles. The minimum Gasteiger partial charge on any atom is -0.491 e. The topological polar surface area (TPSA) is 140 Å². The largest absolute Gasteiger partial charge is 0.491 e. The highest BCUT2D eigenvalue weighted by atomic mass is 32.1. The molecule has 0 bridgehead atoms. The van der Waals surface area contributed by atoms with Gasteiger partial charge in [0.25, 0.3) is 5.56 Å². The number of hydrogen-bond acceptors (Lipinski definition) is 10.